The van der Waals surface area contributed by atoms with Crippen molar-refractivity contribution in [1.82, 2.24) is 20.0 Å². The molecule has 0 radical (unpaired) electrons. The summed E-state index contributed by atoms with van der Waals surface area (Å²) >= 11 is 0. The highest BCUT2D eigenvalue weighted by molar-refractivity contribution is 5.80. The lowest BCUT2D eigenvalue weighted by atomic mass is 10.1. The van der Waals surface area contributed by atoms with Gasteiger partial charge in [0.1, 0.15) is 23.7 Å². The molecule has 0 amide bonds. The van der Waals surface area contributed by atoms with E-state index in [1.54, 1.807) is 11.8 Å². The van der Waals surface area contributed by atoms with Crippen molar-refractivity contribution in [3.8, 4) is 11.5 Å². The predicted molar refractivity (Wildman–Crippen MR) is 115 cm³/mol. The first-order valence-electron chi connectivity index (χ1n) is 10.6. The summed E-state index contributed by atoms with van der Waals surface area (Å²) in [4.78, 5) is 7.17. The summed E-state index contributed by atoms with van der Waals surface area (Å²) in [7, 11) is 3.63. The van der Waals surface area contributed by atoms with Gasteiger partial charge in [-0.3, -0.25) is 4.68 Å². The molecule has 0 aliphatic carbocycles. The van der Waals surface area contributed by atoms with Crippen LogP contribution in [0, 0.1) is 0 Å². The molecular formula is C22H31N5O3. The van der Waals surface area contributed by atoms with E-state index in [0.717, 1.165) is 54.6 Å². The molecule has 1 fully saturated rings. The molecule has 1 aromatic carbocycles. The molecule has 0 saturated carbocycles. The molecule has 0 bridgehead atoms. The fraction of sp³-hybridized carbons (Fsp3) is 0.545. The van der Waals surface area contributed by atoms with Crippen molar-refractivity contribution in [2.75, 3.05) is 33.4 Å². The normalized spacial score (nSPS) is 21.3. The van der Waals surface area contributed by atoms with Crippen molar-refractivity contribution in [3.05, 3.63) is 41.2 Å². The molecule has 0 spiro atoms. The number of aryl methyl sites for hydroxylation is 1. The van der Waals surface area contributed by atoms with E-state index >= 15 is 0 Å². The predicted octanol–water partition coefficient (Wildman–Crippen LogP) is 2.29. The topological polar surface area (TPSA) is 73.1 Å². The molecule has 2 unspecified atom stereocenters. The summed E-state index contributed by atoms with van der Waals surface area (Å²) in [5.41, 5.74) is 3.31. The number of hydrogen-bond acceptors (Lipinski definition) is 5. The highest BCUT2D eigenvalue weighted by Crippen LogP contribution is 2.35. The number of guanidine groups is 1. The number of ether oxygens (including phenoxy) is 3. The number of aliphatic imine (C=N–C) groups is 1. The molecule has 8 nitrogen and oxygen atoms in total. The van der Waals surface area contributed by atoms with Crippen LogP contribution in [-0.4, -0.2) is 60.1 Å². The summed E-state index contributed by atoms with van der Waals surface area (Å²) in [6.45, 7) is 7.67. The number of methoxy groups -OCH3 is 1. The molecule has 30 heavy (non-hydrogen) atoms. The molecule has 1 aromatic heterocycles. The molecule has 3 heterocycles. The average molecular weight is 414 g/mol. The van der Waals surface area contributed by atoms with Crippen molar-refractivity contribution in [3.63, 3.8) is 0 Å². The SMILES string of the molecule is CCNC(=NCc1cc2c(cc1OC)CC(C)O2)N1CCOC(c2cnn(C)c2)C1. The Bertz CT molecular complexity index is 910. The number of fused-ring (bicyclic) bond motifs is 1. The van der Waals surface area contributed by atoms with E-state index in [-0.39, 0.29) is 12.2 Å². The van der Waals surface area contributed by atoms with E-state index in [0.29, 0.717) is 13.2 Å². The molecule has 4 rings (SSSR count). The zero-order chi connectivity index (χ0) is 21.1. The quantitative estimate of drug-likeness (QED) is 0.599. The largest absolute Gasteiger partial charge is 0.496 e. The Labute approximate surface area is 177 Å². The summed E-state index contributed by atoms with van der Waals surface area (Å²) < 4.78 is 19.3. The highest BCUT2D eigenvalue weighted by Gasteiger charge is 2.26. The van der Waals surface area contributed by atoms with Crippen molar-refractivity contribution >= 4 is 5.96 Å². The Hall–Kier alpha value is -2.74. The van der Waals surface area contributed by atoms with Gasteiger partial charge in [-0.25, -0.2) is 4.99 Å². The number of nitrogens with zero attached hydrogens (tertiary/aromatic N) is 4. The van der Waals surface area contributed by atoms with Crippen molar-refractivity contribution < 1.29 is 14.2 Å². The Kier molecular flexibility index (Phi) is 6.13. The zero-order valence-electron chi connectivity index (χ0n) is 18.2. The Morgan fingerprint density at radius 3 is 3.00 bits per heavy atom. The van der Waals surface area contributed by atoms with Crippen LogP contribution in [0.25, 0.3) is 0 Å². The van der Waals surface area contributed by atoms with Crippen LogP contribution >= 0.6 is 0 Å². The van der Waals surface area contributed by atoms with Gasteiger partial charge in [-0.15, -0.1) is 0 Å². The van der Waals surface area contributed by atoms with Gasteiger partial charge in [-0.2, -0.15) is 5.10 Å². The number of morpholine rings is 1. The minimum atomic E-state index is -0.0132. The Morgan fingerprint density at radius 1 is 1.40 bits per heavy atom. The van der Waals surface area contributed by atoms with E-state index in [1.165, 1.54) is 5.56 Å². The minimum absolute atomic E-state index is 0.0132. The number of aromatic nitrogens is 2. The smallest absolute Gasteiger partial charge is 0.194 e. The standard InChI is InChI=1S/C22H31N5O3/c1-5-23-22(27-6-7-29-21(14-27)18-12-25-26(3)13-18)24-11-17-10-20-16(8-15(2)30-20)9-19(17)28-4/h9-10,12-13,15,21H,5-8,11,14H2,1-4H3,(H,23,24). The summed E-state index contributed by atoms with van der Waals surface area (Å²) in [5, 5.41) is 7.70. The highest BCUT2D eigenvalue weighted by atomic mass is 16.5. The first kappa shape index (κ1) is 20.5. The molecule has 2 atom stereocenters. The maximum Gasteiger partial charge on any atom is 0.194 e. The fourth-order valence-corrected chi connectivity index (χ4v) is 4.03. The first-order valence-corrected chi connectivity index (χ1v) is 10.6. The zero-order valence-corrected chi connectivity index (χ0v) is 18.2. The average Bonchev–Trinajstić information content (AvgIpc) is 3.34. The van der Waals surface area contributed by atoms with Crippen LogP contribution in [0.4, 0.5) is 0 Å². The van der Waals surface area contributed by atoms with Crippen LogP contribution in [0.2, 0.25) is 0 Å². The third-order valence-corrected chi connectivity index (χ3v) is 5.50. The van der Waals surface area contributed by atoms with Gasteiger partial charge in [0.15, 0.2) is 5.96 Å². The summed E-state index contributed by atoms with van der Waals surface area (Å²) in [6.07, 6.45) is 4.99. The van der Waals surface area contributed by atoms with E-state index < -0.39 is 0 Å². The Morgan fingerprint density at radius 2 is 2.27 bits per heavy atom. The van der Waals surface area contributed by atoms with Crippen LogP contribution in [0.5, 0.6) is 11.5 Å². The van der Waals surface area contributed by atoms with Crippen molar-refractivity contribution in [2.24, 2.45) is 12.0 Å². The van der Waals surface area contributed by atoms with Gasteiger partial charge < -0.3 is 24.4 Å². The summed E-state index contributed by atoms with van der Waals surface area (Å²) in [6, 6.07) is 4.16. The van der Waals surface area contributed by atoms with E-state index in [9.17, 15) is 0 Å². The third kappa shape index (κ3) is 4.38. The van der Waals surface area contributed by atoms with Crippen LogP contribution in [0.3, 0.4) is 0 Å². The monoisotopic (exact) mass is 413 g/mol. The van der Waals surface area contributed by atoms with E-state index in [2.05, 4.69) is 41.3 Å². The number of benzene rings is 1. The third-order valence-electron chi connectivity index (χ3n) is 5.50. The van der Waals surface area contributed by atoms with Gasteiger partial charge in [0.2, 0.25) is 0 Å². The molecule has 8 heteroatoms. The number of hydrogen-bond donors (Lipinski definition) is 1. The van der Waals surface area contributed by atoms with Crippen LogP contribution < -0.4 is 14.8 Å². The van der Waals surface area contributed by atoms with Gasteiger partial charge >= 0.3 is 0 Å². The molecule has 1 saturated heterocycles. The van der Waals surface area contributed by atoms with Crippen LogP contribution in [0.1, 0.15) is 36.6 Å². The van der Waals surface area contributed by atoms with Gasteiger partial charge in [-0.1, -0.05) is 0 Å². The first-order chi connectivity index (χ1) is 14.6. The lowest BCUT2D eigenvalue weighted by Gasteiger charge is -2.34. The van der Waals surface area contributed by atoms with Gasteiger partial charge in [0.25, 0.3) is 0 Å². The molecule has 162 valence electrons. The Balaban J connectivity index is 1.52. The van der Waals surface area contributed by atoms with Crippen LogP contribution in [0.15, 0.2) is 29.5 Å². The lowest BCUT2D eigenvalue weighted by Crippen LogP contribution is -2.48. The molecule has 2 aromatic rings. The number of nitrogens with one attached hydrogen (secondary N) is 1. The molecule has 2 aliphatic rings. The second-order valence-corrected chi connectivity index (χ2v) is 7.83. The lowest BCUT2D eigenvalue weighted by molar-refractivity contribution is -0.00805. The van der Waals surface area contributed by atoms with E-state index in [4.69, 9.17) is 19.2 Å². The number of rotatable bonds is 5. The maximum atomic E-state index is 5.98. The summed E-state index contributed by atoms with van der Waals surface area (Å²) in [5.74, 6) is 2.69. The molecule has 1 N–H and O–H groups in total. The van der Waals surface area contributed by atoms with Crippen molar-refractivity contribution in [1.29, 1.82) is 0 Å². The second-order valence-electron chi connectivity index (χ2n) is 7.83. The maximum absolute atomic E-state index is 5.98. The molecule has 2 aliphatic heterocycles. The van der Waals surface area contributed by atoms with Gasteiger partial charge in [-0.05, 0) is 26.0 Å². The second kappa shape index (κ2) is 8.95. The fourth-order valence-electron chi connectivity index (χ4n) is 4.03. The van der Waals surface area contributed by atoms with Gasteiger partial charge in [0, 0.05) is 49.4 Å². The molecular weight excluding hydrogens is 382 g/mol. The van der Waals surface area contributed by atoms with Crippen molar-refractivity contribution in [2.45, 2.75) is 39.0 Å². The minimum Gasteiger partial charge on any atom is -0.496 e. The van der Waals surface area contributed by atoms with Crippen LogP contribution in [-0.2, 0) is 24.8 Å². The van der Waals surface area contributed by atoms with Gasteiger partial charge in [0.05, 0.1) is 33.0 Å². The van der Waals surface area contributed by atoms with E-state index in [1.807, 2.05) is 19.4 Å².